The molecule has 0 N–H and O–H groups in total. The fraction of sp³-hybridized carbons (Fsp3) is 0.812. The van der Waals surface area contributed by atoms with Crippen molar-refractivity contribution in [3.63, 3.8) is 0 Å². The van der Waals surface area contributed by atoms with E-state index >= 15 is 0 Å². The van der Waals surface area contributed by atoms with Crippen molar-refractivity contribution < 1.29 is 4.79 Å². The first kappa shape index (κ1) is 12.9. The van der Waals surface area contributed by atoms with Gasteiger partial charge in [-0.25, -0.2) is 0 Å². The zero-order valence-corrected chi connectivity index (χ0v) is 11.0. The summed E-state index contributed by atoms with van der Waals surface area (Å²) in [5.74, 6) is 1.54. The first-order valence-corrected chi connectivity index (χ1v) is 7.58. The zero-order valence-electron chi connectivity index (χ0n) is 11.0. The maximum absolute atomic E-state index is 11.8. The molecule has 1 nitrogen and oxygen atoms in total. The molecule has 0 heterocycles. The van der Waals surface area contributed by atoms with Gasteiger partial charge in [0.15, 0.2) is 5.78 Å². The van der Waals surface area contributed by atoms with Crippen LogP contribution in [0.25, 0.3) is 0 Å². The Bertz CT molecular complexity index is 267. The lowest BCUT2D eigenvalue weighted by molar-refractivity contribution is -0.116. The van der Waals surface area contributed by atoms with E-state index in [1.165, 1.54) is 64.2 Å². The van der Waals surface area contributed by atoms with Crippen LogP contribution in [0.15, 0.2) is 12.2 Å². The van der Waals surface area contributed by atoms with Crippen molar-refractivity contribution in [3.8, 4) is 0 Å². The molecule has 2 rings (SSSR count). The van der Waals surface area contributed by atoms with Gasteiger partial charge in [0.1, 0.15) is 0 Å². The molecule has 0 radical (unpaired) electrons. The molecule has 1 heteroatoms. The highest BCUT2D eigenvalue weighted by atomic mass is 16.1. The summed E-state index contributed by atoms with van der Waals surface area (Å²) in [6.07, 6.45) is 18.5. The monoisotopic (exact) mass is 234 g/mol. The van der Waals surface area contributed by atoms with Crippen LogP contribution in [0.1, 0.15) is 70.6 Å². The number of ketones is 1. The van der Waals surface area contributed by atoms with Crippen LogP contribution < -0.4 is 0 Å². The molecule has 2 aliphatic rings. The lowest BCUT2D eigenvalue weighted by Gasteiger charge is -2.01. The molecule has 2 atom stereocenters. The molecule has 0 aromatic carbocycles. The molecule has 1 fully saturated rings. The van der Waals surface area contributed by atoms with Crippen LogP contribution in [0.4, 0.5) is 0 Å². The number of fused-ring (bicyclic) bond motifs is 1. The van der Waals surface area contributed by atoms with Gasteiger partial charge in [0.25, 0.3) is 0 Å². The summed E-state index contributed by atoms with van der Waals surface area (Å²) in [5, 5.41) is 0. The third kappa shape index (κ3) is 4.65. The molecule has 17 heavy (non-hydrogen) atoms. The molecule has 0 aromatic rings. The molecule has 1 saturated carbocycles. The fourth-order valence-electron chi connectivity index (χ4n) is 2.97. The summed E-state index contributed by atoms with van der Waals surface area (Å²) < 4.78 is 0. The quantitative estimate of drug-likeness (QED) is 0.595. The first-order chi connectivity index (χ1) is 8.38. The Morgan fingerprint density at radius 1 is 0.882 bits per heavy atom. The van der Waals surface area contributed by atoms with Crippen molar-refractivity contribution in [2.45, 2.75) is 70.6 Å². The van der Waals surface area contributed by atoms with E-state index in [2.05, 4.69) is 6.08 Å². The van der Waals surface area contributed by atoms with E-state index in [1.807, 2.05) is 6.08 Å². The average Bonchev–Trinajstić information content (AvgIpc) is 3.08. The molecule has 0 bridgehead atoms. The number of rotatable bonds is 0. The van der Waals surface area contributed by atoms with Crippen LogP contribution in [0.3, 0.4) is 0 Å². The van der Waals surface area contributed by atoms with Crippen LogP contribution in [0, 0.1) is 11.8 Å². The Morgan fingerprint density at radius 2 is 1.53 bits per heavy atom. The third-order valence-corrected chi connectivity index (χ3v) is 4.27. The van der Waals surface area contributed by atoms with Gasteiger partial charge >= 0.3 is 0 Å². The largest absolute Gasteiger partial charge is 0.295 e. The Labute approximate surface area is 106 Å². The second-order valence-electron chi connectivity index (χ2n) is 5.81. The maximum atomic E-state index is 11.8. The second-order valence-corrected chi connectivity index (χ2v) is 5.81. The Morgan fingerprint density at radius 3 is 2.29 bits per heavy atom. The SMILES string of the molecule is O=C1/C=C\CCCCCCCCCC[C@H]2C[C@H]12. The minimum atomic E-state index is 0.399. The Hall–Kier alpha value is -0.590. The predicted octanol–water partition coefficient (Wildman–Crippen LogP) is 4.66. The molecule has 0 amide bonds. The minimum absolute atomic E-state index is 0.399. The van der Waals surface area contributed by atoms with Crippen LogP contribution in [-0.2, 0) is 4.79 Å². The van der Waals surface area contributed by atoms with E-state index in [4.69, 9.17) is 0 Å². The zero-order chi connectivity index (χ0) is 11.9. The predicted molar refractivity (Wildman–Crippen MR) is 71.9 cm³/mol. The fourth-order valence-corrected chi connectivity index (χ4v) is 2.97. The molecule has 0 aliphatic heterocycles. The first-order valence-electron chi connectivity index (χ1n) is 7.58. The molecular weight excluding hydrogens is 208 g/mol. The van der Waals surface area contributed by atoms with Gasteiger partial charge < -0.3 is 0 Å². The van der Waals surface area contributed by atoms with Gasteiger partial charge in [-0.3, -0.25) is 4.79 Å². The highest BCUT2D eigenvalue weighted by Crippen LogP contribution is 2.43. The smallest absolute Gasteiger partial charge is 0.158 e. The third-order valence-electron chi connectivity index (χ3n) is 4.27. The highest BCUT2D eigenvalue weighted by Gasteiger charge is 2.40. The summed E-state index contributed by atoms with van der Waals surface area (Å²) in [4.78, 5) is 11.8. The number of carbonyl (C=O) groups excluding carboxylic acids is 1. The number of allylic oxidation sites excluding steroid dienone is 2. The van der Waals surface area contributed by atoms with E-state index in [-0.39, 0.29) is 0 Å². The molecule has 0 aromatic heterocycles. The number of hydrogen-bond donors (Lipinski definition) is 0. The van der Waals surface area contributed by atoms with Gasteiger partial charge in [-0.2, -0.15) is 0 Å². The molecule has 0 saturated heterocycles. The summed E-state index contributed by atoms with van der Waals surface area (Å²) in [5.41, 5.74) is 0. The summed E-state index contributed by atoms with van der Waals surface area (Å²) in [6.45, 7) is 0. The average molecular weight is 234 g/mol. The van der Waals surface area contributed by atoms with Gasteiger partial charge in [0.05, 0.1) is 0 Å². The van der Waals surface area contributed by atoms with E-state index in [0.717, 1.165) is 12.3 Å². The molecule has 0 spiro atoms. The van der Waals surface area contributed by atoms with Gasteiger partial charge in [-0.15, -0.1) is 0 Å². The minimum Gasteiger partial charge on any atom is -0.295 e. The van der Waals surface area contributed by atoms with Crippen molar-refractivity contribution in [2.24, 2.45) is 11.8 Å². The molecule has 2 aliphatic carbocycles. The van der Waals surface area contributed by atoms with E-state index < -0.39 is 0 Å². The standard InChI is InChI=1S/C16H26O/c17-16-12-10-8-6-4-2-1-3-5-7-9-11-14-13-15(14)16/h10,12,14-15H,1-9,11,13H2/b12-10-/t14-,15-/m0/s1. The molecule has 96 valence electrons. The normalized spacial score (nSPS) is 34.2. The van der Waals surface area contributed by atoms with Gasteiger partial charge in [0, 0.05) is 5.92 Å². The van der Waals surface area contributed by atoms with Crippen LogP contribution in [-0.4, -0.2) is 5.78 Å². The molecule has 0 unspecified atom stereocenters. The van der Waals surface area contributed by atoms with E-state index in [9.17, 15) is 4.79 Å². The maximum Gasteiger partial charge on any atom is 0.158 e. The van der Waals surface area contributed by atoms with Gasteiger partial charge in [0.2, 0.25) is 0 Å². The lowest BCUT2D eigenvalue weighted by Crippen LogP contribution is -1.97. The highest BCUT2D eigenvalue weighted by molar-refractivity contribution is 5.93. The summed E-state index contributed by atoms with van der Waals surface area (Å²) in [7, 11) is 0. The Balaban J connectivity index is 1.75. The van der Waals surface area contributed by atoms with Crippen molar-refractivity contribution in [1.82, 2.24) is 0 Å². The number of hydrogen-bond acceptors (Lipinski definition) is 1. The number of carbonyl (C=O) groups is 1. The van der Waals surface area contributed by atoms with Crippen molar-refractivity contribution in [1.29, 1.82) is 0 Å². The summed E-state index contributed by atoms with van der Waals surface area (Å²) in [6, 6.07) is 0. The topological polar surface area (TPSA) is 17.1 Å². The molecular formula is C16H26O. The van der Waals surface area contributed by atoms with Gasteiger partial charge in [-0.05, 0) is 37.7 Å². The van der Waals surface area contributed by atoms with Crippen molar-refractivity contribution in [3.05, 3.63) is 12.2 Å². The second kappa shape index (κ2) is 6.98. The van der Waals surface area contributed by atoms with Gasteiger partial charge in [-0.1, -0.05) is 51.0 Å². The van der Waals surface area contributed by atoms with Crippen molar-refractivity contribution >= 4 is 5.78 Å². The van der Waals surface area contributed by atoms with E-state index in [1.54, 1.807) is 0 Å². The van der Waals surface area contributed by atoms with E-state index in [0.29, 0.717) is 11.7 Å². The van der Waals surface area contributed by atoms with Crippen LogP contribution in [0.2, 0.25) is 0 Å². The van der Waals surface area contributed by atoms with Crippen LogP contribution >= 0.6 is 0 Å². The van der Waals surface area contributed by atoms with Crippen LogP contribution in [0.5, 0.6) is 0 Å². The lowest BCUT2D eigenvalue weighted by atomic mass is 10.1. The Kier molecular flexibility index (Phi) is 5.28. The summed E-state index contributed by atoms with van der Waals surface area (Å²) >= 11 is 0. The van der Waals surface area contributed by atoms with Crippen molar-refractivity contribution in [2.75, 3.05) is 0 Å².